The molecule has 0 amide bonds. The van der Waals surface area contributed by atoms with Crippen LogP contribution in [0.25, 0.3) is 0 Å². The Morgan fingerprint density at radius 1 is 1.21 bits per heavy atom. The molecule has 1 aromatic rings. The third-order valence-electron chi connectivity index (χ3n) is 2.04. The van der Waals surface area contributed by atoms with Crippen LogP contribution in [0.4, 0.5) is 5.69 Å². The Hall–Kier alpha value is -1.02. The van der Waals surface area contributed by atoms with E-state index in [4.69, 9.17) is 10.5 Å². The van der Waals surface area contributed by atoms with E-state index in [9.17, 15) is 0 Å². The van der Waals surface area contributed by atoms with E-state index in [0.717, 1.165) is 25.1 Å². The molecular formula is C12H19NO. The Morgan fingerprint density at radius 2 is 1.86 bits per heavy atom. The Morgan fingerprint density at radius 3 is 2.43 bits per heavy atom. The van der Waals surface area contributed by atoms with Crippen molar-refractivity contribution in [2.45, 2.75) is 32.8 Å². The fourth-order valence-electron chi connectivity index (χ4n) is 1.28. The summed E-state index contributed by atoms with van der Waals surface area (Å²) < 4.78 is 5.46. The number of aryl methyl sites for hydroxylation is 1. The Kier molecular flexibility index (Phi) is 4.47. The summed E-state index contributed by atoms with van der Waals surface area (Å²) in [6.45, 7) is 4.95. The molecule has 14 heavy (non-hydrogen) atoms. The highest BCUT2D eigenvalue weighted by atomic mass is 16.5. The summed E-state index contributed by atoms with van der Waals surface area (Å²) in [5, 5.41) is 0. The first kappa shape index (κ1) is 11.1. The van der Waals surface area contributed by atoms with Gasteiger partial charge < -0.3 is 10.5 Å². The van der Waals surface area contributed by atoms with Gasteiger partial charge in [0.2, 0.25) is 0 Å². The molecule has 2 N–H and O–H groups in total. The minimum atomic E-state index is 0.335. The van der Waals surface area contributed by atoms with Crippen molar-refractivity contribution in [1.29, 1.82) is 0 Å². The van der Waals surface area contributed by atoms with Crippen molar-refractivity contribution in [3.63, 3.8) is 0 Å². The Balaban J connectivity index is 2.21. The Bertz CT molecular complexity index is 254. The fraction of sp³-hybridized carbons (Fsp3) is 0.500. The van der Waals surface area contributed by atoms with E-state index in [1.54, 1.807) is 0 Å². The number of ether oxygens (including phenoxy) is 1. The second-order valence-corrected chi connectivity index (χ2v) is 3.76. The van der Waals surface area contributed by atoms with Gasteiger partial charge in [0.15, 0.2) is 0 Å². The van der Waals surface area contributed by atoms with Crippen LogP contribution in [0.3, 0.4) is 0 Å². The summed E-state index contributed by atoms with van der Waals surface area (Å²) in [5.74, 6) is 0. The predicted octanol–water partition coefficient (Wildman–Crippen LogP) is 2.63. The van der Waals surface area contributed by atoms with Gasteiger partial charge in [0, 0.05) is 12.3 Å². The van der Waals surface area contributed by atoms with E-state index >= 15 is 0 Å². The molecule has 0 fully saturated rings. The molecule has 0 aliphatic heterocycles. The van der Waals surface area contributed by atoms with Crippen molar-refractivity contribution in [3.05, 3.63) is 29.8 Å². The molecule has 1 aromatic carbocycles. The van der Waals surface area contributed by atoms with Crippen LogP contribution in [0.1, 0.15) is 25.8 Å². The number of rotatable bonds is 5. The van der Waals surface area contributed by atoms with Crippen LogP contribution in [0.5, 0.6) is 0 Å². The van der Waals surface area contributed by atoms with Gasteiger partial charge in [-0.2, -0.15) is 0 Å². The highest BCUT2D eigenvalue weighted by Gasteiger charge is 1.95. The number of benzene rings is 1. The van der Waals surface area contributed by atoms with Crippen LogP contribution in [-0.4, -0.2) is 12.7 Å². The maximum absolute atomic E-state index is 5.60. The van der Waals surface area contributed by atoms with E-state index in [0.29, 0.717) is 6.10 Å². The molecule has 0 heterocycles. The molecule has 0 radical (unpaired) electrons. The van der Waals surface area contributed by atoms with Crippen molar-refractivity contribution in [3.8, 4) is 0 Å². The molecular weight excluding hydrogens is 174 g/mol. The van der Waals surface area contributed by atoms with Crippen LogP contribution in [0.15, 0.2) is 24.3 Å². The molecule has 78 valence electrons. The van der Waals surface area contributed by atoms with Gasteiger partial charge in [0.05, 0.1) is 6.10 Å². The van der Waals surface area contributed by atoms with E-state index < -0.39 is 0 Å². The topological polar surface area (TPSA) is 35.2 Å². The maximum atomic E-state index is 5.60. The average Bonchev–Trinajstić information content (AvgIpc) is 2.15. The number of nitrogen functional groups attached to an aromatic ring is 1. The monoisotopic (exact) mass is 193 g/mol. The molecule has 0 aromatic heterocycles. The van der Waals surface area contributed by atoms with Gasteiger partial charge in [-0.3, -0.25) is 0 Å². The molecule has 0 saturated carbocycles. The van der Waals surface area contributed by atoms with Crippen molar-refractivity contribution >= 4 is 5.69 Å². The molecule has 0 unspecified atom stereocenters. The molecule has 2 nitrogen and oxygen atoms in total. The lowest BCUT2D eigenvalue weighted by Crippen LogP contribution is -2.04. The van der Waals surface area contributed by atoms with Gasteiger partial charge in [-0.1, -0.05) is 12.1 Å². The lowest BCUT2D eigenvalue weighted by Gasteiger charge is -2.07. The smallest absolute Gasteiger partial charge is 0.0518 e. The molecule has 0 aliphatic carbocycles. The van der Waals surface area contributed by atoms with Gasteiger partial charge in [0.25, 0.3) is 0 Å². The first-order chi connectivity index (χ1) is 6.68. The van der Waals surface area contributed by atoms with E-state index in [1.807, 2.05) is 12.1 Å². The highest BCUT2D eigenvalue weighted by Crippen LogP contribution is 2.07. The second kappa shape index (κ2) is 5.66. The third-order valence-corrected chi connectivity index (χ3v) is 2.04. The predicted molar refractivity (Wildman–Crippen MR) is 60.3 cm³/mol. The zero-order valence-corrected chi connectivity index (χ0v) is 8.99. The number of hydrogen-bond donors (Lipinski definition) is 1. The van der Waals surface area contributed by atoms with Gasteiger partial charge in [-0.15, -0.1) is 0 Å². The van der Waals surface area contributed by atoms with Gasteiger partial charge in [-0.05, 0) is 44.4 Å². The van der Waals surface area contributed by atoms with Gasteiger partial charge in [-0.25, -0.2) is 0 Å². The molecule has 0 saturated heterocycles. The summed E-state index contributed by atoms with van der Waals surface area (Å²) >= 11 is 0. The van der Waals surface area contributed by atoms with Gasteiger partial charge in [0.1, 0.15) is 0 Å². The summed E-state index contributed by atoms with van der Waals surface area (Å²) in [7, 11) is 0. The standard InChI is InChI=1S/C12H19NO/c1-10(2)14-9-3-4-11-5-7-12(13)8-6-11/h5-8,10H,3-4,9,13H2,1-2H3. The van der Waals surface area contributed by atoms with Crippen molar-refractivity contribution in [1.82, 2.24) is 0 Å². The molecule has 0 bridgehead atoms. The molecule has 0 aliphatic rings. The highest BCUT2D eigenvalue weighted by molar-refractivity contribution is 5.39. The average molecular weight is 193 g/mol. The first-order valence-corrected chi connectivity index (χ1v) is 5.14. The second-order valence-electron chi connectivity index (χ2n) is 3.76. The number of hydrogen-bond acceptors (Lipinski definition) is 2. The minimum absolute atomic E-state index is 0.335. The normalized spacial score (nSPS) is 10.8. The summed E-state index contributed by atoms with van der Waals surface area (Å²) in [6.07, 6.45) is 2.47. The first-order valence-electron chi connectivity index (χ1n) is 5.14. The van der Waals surface area contributed by atoms with Crippen molar-refractivity contribution in [2.75, 3.05) is 12.3 Å². The molecule has 0 atom stereocenters. The number of nitrogens with two attached hydrogens (primary N) is 1. The zero-order valence-electron chi connectivity index (χ0n) is 8.99. The lowest BCUT2D eigenvalue weighted by atomic mass is 10.1. The van der Waals surface area contributed by atoms with Crippen molar-refractivity contribution < 1.29 is 4.74 Å². The summed E-state index contributed by atoms with van der Waals surface area (Å²) in [5.41, 5.74) is 7.75. The fourth-order valence-corrected chi connectivity index (χ4v) is 1.28. The quantitative estimate of drug-likeness (QED) is 0.576. The van der Waals surface area contributed by atoms with Crippen LogP contribution >= 0.6 is 0 Å². The largest absolute Gasteiger partial charge is 0.399 e. The lowest BCUT2D eigenvalue weighted by molar-refractivity contribution is 0.0772. The third kappa shape index (κ3) is 4.28. The van der Waals surface area contributed by atoms with Crippen LogP contribution in [0.2, 0.25) is 0 Å². The minimum Gasteiger partial charge on any atom is -0.399 e. The van der Waals surface area contributed by atoms with E-state index in [1.165, 1.54) is 5.56 Å². The SMILES string of the molecule is CC(C)OCCCc1ccc(N)cc1. The van der Waals surface area contributed by atoms with Crippen LogP contribution < -0.4 is 5.73 Å². The van der Waals surface area contributed by atoms with E-state index in [-0.39, 0.29) is 0 Å². The summed E-state index contributed by atoms with van der Waals surface area (Å²) in [4.78, 5) is 0. The summed E-state index contributed by atoms with van der Waals surface area (Å²) in [6, 6.07) is 8.03. The van der Waals surface area contributed by atoms with Crippen LogP contribution in [0, 0.1) is 0 Å². The Labute approximate surface area is 86.1 Å². The van der Waals surface area contributed by atoms with Gasteiger partial charge >= 0.3 is 0 Å². The van der Waals surface area contributed by atoms with Crippen molar-refractivity contribution in [2.24, 2.45) is 0 Å². The molecule has 0 spiro atoms. The maximum Gasteiger partial charge on any atom is 0.0518 e. The zero-order chi connectivity index (χ0) is 10.4. The van der Waals surface area contributed by atoms with Crippen LogP contribution in [-0.2, 0) is 11.2 Å². The molecule has 2 heteroatoms. The molecule has 1 rings (SSSR count). The van der Waals surface area contributed by atoms with E-state index in [2.05, 4.69) is 26.0 Å². The number of anilines is 1.